The van der Waals surface area contributed by atoms with E-state index in [-0.39, 0.29) is 5.91 Å². The minimum absolute atomic E-state index is 0.180. The van der Waals surface area contributed by atoms with E-state index in [1.807, 2.05) is 36.2 Å². The summed E-state index contributed by atoms with van der Waals surface area (Å²) in [7, 11) is 1.88. The largest absolute Gasteiger partial charge is 0.340 e. The van der Waals surface area contributed by atoms with Gasteiger partial charge in [0.1, 0.15) is 0 Å². The number of benzene rings is 1. The maximum absolute atomic E-state index is 12.5. The maximum Gasteiger partial charge on any atom is 0.236 e. The Balaban J connectivity index is 1.52. The van der Waals surface area contributed by atoms with Crippen LogP contribution in [0.3, 0.4) is 0 Å². The van der Waals surface area contributed by atoms with E-state index in [1.165, 1.54) is 5.69 Å². The van der Waals surface area contributed by atoms with Crippen molar-refractivity contribution >= 4 is 5.91 Å². The molecule has 3 rings (SSSR count). The van der Waals surface area contributed by atoms with Gasteiger partial charge in [0, 0.05) is 37.9 Å². The molecule has 5 nitrogen and oxygen atoms in total. The van der Waals surface area contributed by atoms with Gasteiger partial charge >= 0.3 is 0 Å². The first-order valence-corrected chi connectivity index (χ1v) is 8.22. The zero-order chi connectivity index (χ0) is 16.1. The lowest BCUT2D eigenvalue weighted by Gasteiger charge is -2.32. The predicted octanol–water partition coefficient (Wildman–Crippen LogP) is 2.25. The number of nitrogens with one attached hydrogen (secondary N) is 1. The van der Waals surface area contributed by atoms with Crippen LogP contribution in [0.1, 0.15) is 30.0 Å². The smallest absolute Gasteiger partial charge is 0.236 e. The number of likely N-dealkylation sites (N-methyl/N-ethyl adjacent to an activating group) is 1. The van der Waals surface area contributed by atoms with Crippen LogP contribution < -0.4 is 0 Å². The fraction of sp³-hybridized carbons (Fsp3) is 0.444. The van der Waals surface area contributed by atoms with Crippen molar-refractivity contribution in [3.8, 4) is 0 Å². The van der Waals surface area contributed by atoms with Crippen molar-refractivity contribution in [2.75, 3.05) is 26.7 Å². The van der Waals surface area contributed by atoms with Gasteiger partial charge in [-0.05, 0) is 31.0 Å². The molecule has 23 heavy (non-hydrogen) atoms. The van der Waals surface area contributed by atoms with Gasteiger partial charge in [-0.25, -0.2) is 0 Å². The Labute approximate surface area is 137 Å². The van der Waals surface area contributed by atoms with Crippen molar-refractivity contribution in [2.24, 2.45) is 0 Å². The first-order chi connectivity index (χ1) is 11.2. The highest BCUT2D eigenvalue weighted by Crippen LogP contribution is 2.25. The molecule has 122 valence electrons. The summed E-state index contributed by atoms with van der Waals surface area (Å²) in [5.41, 5.74) is 2.34. The minimum Gasteiger partial charge on any atom is -0.340 e. The number of amides is 1. The number of piperidine rings is 1. The molecule has 1 aromatic carbocycles. The van der Waals surface area contributed by atoms with E-state index in [1.54, 1.807) is 6.20 Å². The Hall–Kier alpha value is -2.14. The predicted molar refractivity (Wildman–Crippen MR) is 89.9 cm³/mol. The Morgan fingerprint density at radius 3 is 2.91 bits per heavy atom. The second-order valence-corrected chi connectivity index (χ2v) is 6.32. The number of hydrogen-bond donors (Lipinski definition) is 1. The summed E-state index contributed by atoms with van der Waals surface area (Å²) in [6, 6.07) is 12.2. The molecule has 1 N–H and O–H groups in total. The molecule has 1 aromatic heterocycles. The lowest BCUT2D eigenvalue weighted by molar-refractivity contribution is -0.131. The van der Waals surface area contributed by atoms with E-state index in [0.29, 0.717) is 19.0 Å². The number of H-pyrrole nitrogens is 1. The fourth-order valence-corrected chi connectivity index (χ4v) is 3.20. The number of nitrogens with zero attached hydrogens (tertiary/aromatic N) is 3. The number of rotatable bonds is 5. The van der Waals surface area contributed by atoms with E-state index >= 15 is 0 Å². The molecule has 5 heteroatoms. The zero-order valence-electron chi connectivity index (χ0n) is 13.6. The van der Waals surface area contributed by atoms with Gasteiger partial charge in [-0.1, -0.05) is 30.3 Å². The standard InChI is InChI=1S/C18H24N4O/c1-21(12-15-6-3-2-4-7-15)18(23)14-22-11-5-8-16(13-22)17-9-10-19-20-17/h2-4,6-7,9-10,16H,5,8,11-14H2,1H3,(H,19,20)/t16-/m0/s1. The summed E-state index contributed by atoms with van der Waals surface area (Å²) in [5.74, 6) is 0.637. The Bertz CT molecular complexity index is 611. The van der Waals surface area contributed by atoms with Gasteiger partial charge in [0.05, 0.1) is 6.54 Å². The molecule has 0 radical (unpaired) electrons. The van der Waals surface area contributed by atoms with Gasteiger partial charge in [-0.15, -0.1) is 0 Å². The molecule has 0 aliphatic carbocycles. The van der Waals surface area contributed by atoms with Crippen molar-refractivity contribution in [3.05, 3.63) is 53.9 Å². The second kappa shape index (κ2) is 7.42. The van der Waals surface area contributed by atoms with Crippen molar-refractivity contribution in [1.82, 2.24) is 20.0 Å². The normalized spacial score (nSPS) is 18.7. The summed E-state index contributed by atoms with van der Waals surface area (Å²) in [4.78, 5) is 16.6. The number of likely N-dealkylation sites (tertiary alicyclic amines) is 1. The lowest BCUT2D eigenvalue weighted by atomic mass is 9.95. The minimum atomic E-state index is 0.180. The average molecular weight is 312 g/mol. The Kier molecular flexibility index (Phi) is 5.08. The second-order valence-electron chi connectivity index (χ2n) is 6.32. The molecule has 0 bridgehead atoms. The van der Waals surface area contributed by atoms with E-state index < -0.39 is 0 Å². The van der Waals surface area contributed by atoms with Crippen LogP contribution in [0.4, 0.5) is 0 Å². The molecule has 1 amide bonds. The third kappa shape index (κ3) is 4.20. The van der Waals surface area contributed by atoms with E-state index in [2.05, 4.69) is 27.2 Å². The fourth-order valence-electron chi connectivity index (χ4n) is 3.20. The van der Waals surface area contributed by atoms with Crippen LogP contribution in [0, 0.1) is 0 Å². The monoisotopic (exact) mass is 312 g/mol. The average Bonchev–Trinajstić information content (AvgIpc) is 3.10. The van der Waals surface area contributed by atoms with Crippen LogP contribution in [-0.2, 0) is 11.3 Å². The van der Waals surface area contributed by atoms with E-state index in [4.69, 9.17) is 0 Å². The molecule has 0 unspecified atom stereocenters. The first kappa shape index (κ1) is 15.7. The molecule has 1 fully saturated rings. The van der Waals surface area contributed by atoms with Crippen LogP contribution in [0.25, 0.3) is 0 Å². The molecule has 1 aliphatic rings. The summed E-state index contributed by atoms with van der Waals surface area (Å²) in [5, 5.41) is 7.10. The molecule has 1 saturated heterocycles. The van der Waals surface area contributed by atoms with Gasteiger partial charge in [0.2, 0.25) is 5.91 Å². The third-order valence-electron chi connectivity index (χ3n) is 4.51. The van der Waals surface area contributed by atoms with Crippen molar-refractivity contribution in [1.29, 1.82) is 0 Å². The Morgan fingerprint density at radius 2 is 2.17 bits per heavy atom. The molecule has 0 saturated carbocycles. The van der Waals surface area contributed by atoms with Crippen molar-refractivity contribution in [2.45, 2.75) is 25.3 Å². The van der Waals surface area contributed by atoms with Crippen LogP contribution in [0.2, 0.25) is 0 Å². The SMILES string of the molecule is CN(Cc1ccccc1)C(=O)CN1CCC[C@H](c2ccn[nH]2)C1. The summed E-state index contributed by atoms with van der Waals surface area (Å²) in [6.45, 7) is 3.08. The highest BCUT2D eigenvalue weighted by molar-refractivity contribution is 5.78. The third-order valence-corrected chi connectivity index (χ3v) is 4.51. The molecular weight excluding hydrogens is 288 g/mol. The van der Waals surface area contributed by atoms with Crippen LogP contribution in [-0.4, -0.2) is 52.6 Å². The molecule has 2 heterocycles. The number of aromatic nitrogens is 2. The van der Waals surface area contributed by atoms with Gasteiger partial charge in [-0.3, -0.25) is 14.8 Å². The lowest BCUT2D eigenvalue weighted by Crippen LogP contribution is -2.42. The zero-order valence-corrected chi connectivity index (χ0v) is 13.6. The summed E-state index contributed by atoms with van der Waals surface area (Å²) >= 11 is 0. The molecule has 1 atom stereocenters. The van der Waals surface area contributed by atoms with Crippen LogP contribution >= 0.6 is 0 Å². The summed E-state index contributed by atoms with van der Waals surface area (Å²) < 4.78 is 0. The molecule has 1 aliphatic heterocycles. The van der Waals surface area contributed by atoms with Crippen molar-refractivity contribution in [3.63, 3.8) is 0 Å². The topological polar surface area (TPSA) is 52.2 Å². The summed E-state index contributed by atoms with van der Waals surface area (Å²) in [6.07, 6.45) is 4.08. The number of aromatic amines is 1. The first-order valence-electron chi connectivity index (χ1n) is 8.22. The molecule has 0 spiro atoms. The number of carbonyl (C=O) groups is 1. The van der Waals surface area contributed by atoms with Gasteiger partial charge < -0.3 is 4.90 Å². The number of carbonyl (C=O) groups excluding carboxylic acids is 1. The maximum atomic E-state index is 12.5. The quantitative estimate of drug-likeness (QED) is 0.921. The van der Waals surface area contributed by atoms with Crippen molar-refractivity contribution < 1.29 is 4.79 Å². The van der Waals surface area contributed by atoms with Gasteiger partial charge in [0.15, 0.2) is 0 Å². The van der Waals surface area contributed by atoms with E-state index in [0.717, 1.165) is 31.5 Å². The molecule has 2 aromatic rings. The van der Waals surface area contributed by atoms with Crippen LogP contribution in [0.15, 0.2) is 42.6 Å². The van der Waals surface area contributed by atoms with Gasteiger partial charge in [0.25, 0.3) is 0 Å². The molecular formula is C18H24N4O. The number of hydrogen-bond acceptors (Lipinski definition) is 3. The van der Waals surface area contributed by atoms with E-state index in [9.17, 15) is 4.79 Å². The van der Waals surface area contributed by atoms with Gasteiger partial charge in [-0.2, -0.15) is 5.10 Å². The van der Waals surface area contributed by atoms with Crippen LogP contribution in [0.5, 0.6) is 0 Å². The highest BCUT2D eigenvalue weighted by Gasteiger charge is 2.24. The highest BCUT2D eigenvalue weighted by atomic mass is 16.2. The Morgan fingerprint density at radius 1 is 1.35 bits per heavy atom.